The molecule has 1 amide bonds. The molecule has 0 unspecified atom stereocenters. The number of unbranched alkanes of at least 4 members (excludes halogenated alkanes) is 2. The van der Waals surface area contributed by atoms with Crippen molar-refractivity contribution < 1.29 is 23.8 Å². The average molecular weight is 424 g/mol. The normalized spacial score (nSPS) is 15.2. The molecule has 0 spiro atoms. The molecule has 1 fully saturated rings. The van der Waals surface area contributed by atoms with E-state index in [2.05, 4.69) is 4.74 Å². The predicted octanol–water partition coefficient (Wildman–Crippen LogP) is 4.03. The van der Waals surface area contributed by atoms with E-state index in [0.29, 0.717) is 40.3 Å². The highest BCUT2D eigenvalue weighted by Crippen LogP contribution is 2.35. The molecule has 1 aromatic rings. The third kappa shape index (κ3) is 5.97. The highest BCUT2D eigenvalue weighted by atomic mass is 32.2. The molecule has 1 aliphatic rings. The van der Waals surface area contributed by atoms with Gasteiger partial charge >= 0.3 is 5.97 Å². The van der Waals surface area contributed by atoms with Crippen molar-refractivity contribution in [3.63, 3.8) is 0 Å². The van der Waals surface area contributed by atoms with Crippen molar-refractivity contribution in [1.82, 2.24) is 4.90 Å². The number of carbonyl (C=O) groups is 2. The van der Waals surface area contributed by atoms with Gasteiger partial charge in [0.15, 0.2) is 11.5 Å². The Kier molecular flexibility index (Phi) is 8.79. The molecule has 152 valence electrons. The topological polar surface area (TPSA) is 65.1 Å². The van der Waals surface area contributed by atoms with E-state index in [9.17, 15) is 9.59 Å². The van der Waals surface area contributed by atoms with Gasteiger partial charge < -0.3 is 14.2 Å². The zero-order valence-electron chi connectivity index (χ0n) is 16.4. The van der Waals surface area contributed by atoms with Crippen molar-refractivity contribution in [2.45, 2.75) is 32.6 Å². The van der Waals surface area contributed by atoms with Gasteiger partial charge in [-0.05, 0) is 43.5 Å². The molecule has 0 atom stereocenters. The van der Waals surface area contributed by atoms with Gasteiger partial charge in [0.25, 0.3) is 5.91 Å². The van der Waals surface area contributed by atoms with Crippen LogP contribution in [0, 0.1) is 0 Å². The van der Waals surface area contributed by atoms with Crippen LogP contribution in [0.3, 0.4) is 0 Å². The second-order valence-corrected chi connectivity index (χ2v) is 7.74. The summed E-state index contributed by atoms with van der Waals surface area (Å²) in [6.45, 7) is 3.01. The Morgan fingerprint density at radius 2 is 2.00 bits per heavy atom. The lowest BCUT2D eigenvalue weighted by Crippen LogP contribution is -2.29. The van der Waals surface area contributed by atoms with Crippen molar-refractivity contribution in [3.05, 3.63) is 28.7 Å². The number of amides is 1. The maximum absolute atomic E-state index is 12.7. The molecule has 0 saturated carbocycles. The van der Waals surface area contributed by atoms with E-state index in [0.717, 1.165) is 24.8 Å². The summed E-state index contributed by atoms with van der Waals surface area (Å²) in [7, 11) is 2.97. The first-order valence-corrected chi connectivity index (χ1v) is 10.4. The Morgan fingerprint density at radius 1 is 1.21 bits per heavy atom. The number of hydrogen-bond donors (Lipinski definition) is 0. The molecule has 8 heteroatoms. The van der Waals surface area contributed by atoms with Gasteiger partial charge in [0.2, 0.25) is 0 Å². The highest BCUT2D eigenvalue weighted by Gasteiger charge is 2.31. The minimum atomic E-state index is -0.209. The van der Waals surface area contributed by atoms with Crippen LogP contribution in [0.5, 0.6) is 11.5 Å². The molecule has 1 heterocycles. The number of benzene rings is 1. The number of esters is 1. The fourth-order valence-corrected chi connectivity index (χ4v) is 4.02. The van der Waals surface area contributed by atoms with E-state index in [4.69, 9.17) is 21.7 Å². The molecular weight excluding hydrogens is 398 g/mol. The molecule has 2 rings (SSSR count). The summed E-state index contributed by atoms with van der Waals surface area (Å²) in [5, 5.41) is 0. The van der Waals surface area contributed by atoms with E-state index >= 15 is 0 Å². The van der Waals surface area contributed by atoms with Crippen LogP contribution in [-0.4, -0.2) is 48.5 Å². The van der Waals surface area contributed by atoms with Gasteiger partial charge in [-0.3, -0.25) is 14.5 Å². The Labute approximate surface area is 175 Å². The van der Waals surface area contributed by atoms with Crippen molar-refractivity contribution in [2.75, 3.05) is 27.4 Å². The first-order chi connectivity index (χ1) is 13.5. The first kappa shape index (κ1) is 22.2. The first-order valence-electron chi connectivity index (χ1n) is 9.13. The average Bonchev–Trinajstić information content (AvgIpc) is 2.95. The Hall–Kier alpha value is -2.06. The molecule has 1 saturated heterocycles. The molecule has 0 aliphatic carbocycles. The maximum atomic E-state index is 12.7. The third-order valence-corrected chi connectivity index (χ3v) is 5.53. The summed E-state index contributed by atoms with van der Waals surface area (Å²) in [4.78, 5) is 26.0. The largest absolute Gasteiger partial charge is 0.493 e. The molecule has 1 aliphatic heterocycles. The van der Waals surface area contributed by atoms with Crippen LogP contribution in [0.4, 0.5) is 0 Å². The smallest absolute Gasteiger partial charge is 0.305 e. The number of nitrogens with zero attached hydrogens (tertiary/aromatic N) is 1. The van der Waals surface area contributed by atoms with Gasteiger partial charge in [0.05, 0.1) is 25.7 Å². The fourth-order valence-electron chi connectivity index (χ4n) is 2.71. The molecular formula is C20H25NO5S2. The lowest BCUT2D eigenvalue weighted by Gasteiger charge is -2.14. The highest BCUT2D eigenvalue weighted by molar-refractivity contribution is 8.26. The number of thioether (sulfide) groups is 1. The summed E-state index contributed by atoms with van der Waals surface area (Å²) >= 11 is 6.66. The van der Waals surface area contributed by atoms with Gasteiger partial charge in [-0.2, -0.15) is 0 Å². The van der Waals surface area contributed by atoms with E-state index in [-0.39, 0.29) is 11.9 Å². The number of thiocarbonyl (C=S) groups is 1. The van der Waals surface area contributed by atoms with Gasteiger partial charge in [0.1, 0.15) is 4.32 Å². The summed E-state index contributed by atoms with van der Waals surface area (Å²) in [5.41, 5.74) is 0.846. The van der Waals surface area contributed by atoms with E-state index in [1.165, 1.54) is 18.9 Å². The van der Waals surface area contributed by atoms with Crippen LogP contribution < -0.4 is 9.47 Å². The second-order valence-electron chi connectivity index (χ2n) is 6.06. The number of hydrogen-bond acceptors (Lipinski definition) is 7. The molecule has 28 heavy (non-hydrogen) atoms. The fraction of sp³-hybridized carbons (Fsp3) is 0.450. The Balaban J connectivity index is 1.97. The molecule has 0 N–H and O–H groups in total. The summed E-state index contributed by atoms with van der Waals surface area (Å²) in [5.74, 6) is 0.994. The molecule has 1 aromatic carbocycles. The number of carbonyl (C=O) groups excluding carboxylic acids is 2. The standard InChI is InChI=1S/C20H25NO5S2/c1-4-26-15-10-9-14(12-16(15)24-2)13-17-19(23)21(20(27)28-17)11-7-5-6-8-18(22)25-3/h9-10,12-13H,4-8,11H2,1-3H3. The van der Waals surface area contributed by atoms with Crippen LogP contribution in [0.1, 0.15) is 38.2 Å². The van der Waals surface area contributed by atoms with Gasteiger partial charge in [-0.25, -0.2) is 0 Å². The lowest BCUT2D eigenvalue weighted by molar-refractivity contribution is -0.140. The number of rotatable bonds is 10. The van der Waals surface area contributed by atoms with Crippen LogP contribution in [0.2, 0.25) is 0 Å². The Morgan fingerprint density at radius 3 is 2.68 bits per heavy atom. The second kappa shape index (κ2) is 11.1. The molecule has 6 nitrogen and oxygen atoms in total. The number of ether oxygens (including phenoxy) is 3. The van der Waals surface area contributed by atoms with Crippen LogP contribution in [-0.2, 0) is 14.3 Å². The minimum absolute atomic E-state index is 0.0872. The quantitative estimate of drug-likeness (QED) is 0.244. The zero-order valence-corrected chi connectivity index (χ0v) is 18.0. The van der Waals surface area contributed by atoms with Gasteiger partial charge in [-0.1, -0.05) is 36.5 Å². The minimum Gasteiger partial charge on any atom is -0.493 e. The van der Waals surface area contributed by atoms with Crippen molar-refractivity contribution >= 4 is 46.3 Å². The van der Waals surface area contributed by atoms with Crippen LogP contribution >= 0.6 is 24.0 Å². The van der Waals surface area contributed by atoms with Crippen LogP contribution in [0.15, 0.2) is 23.1 Å². The van der Waals surface area contributed by atoms with E-state index < -0.39 is 0 Å². The maximum Gasteiger partial charge on any atom is 0.305 e. The SMILES string of the molecule is CCOc1ccc(C=C2SC(=S)N(CCCCCC(=O)OC)C2=O)cc1OC. The lowest BCUT2D eigenvalue weighted by atomic mass is 10.1. The van der Waals surface area contributed by atoms with Crippen molar-refractivity contribution in [3.8, 4) is 11.5 Å². The van der Waals surface area contributed by atoms with Crippen molar-refractivity contribution in [1.29, 1.82) is 0 Å². The predicted molar refractivity (Wildman–Crippen MR) is 115 cm³/mol. The van der Waals surface area contributed by atoms with Crippen LogP contribution in [0.25, 0.3) is 6.08 Å². The molecule has 0 aromatic heterocycles. The van der Waals surface area contributed by atoms with Gasteiger partial charge in [-0.15, -0.1) is 0 Å². The van der Waals surface area contributed by atoms with Crippen molar-refractivity contribution in [2.24, 2.45) is 0 Å². The summed E-state index contributed by atoms with van der Waals surface area (Å²) in [6, 6.07) is 5.55. The van der Waals surface area contributed by atoms with E-state index in [1.54, 1.807) is 12.0 Å². The summed E-state index contributed by atoms with van der Waals surface area (Å²) < 4.78 is 16.1. The van der Waals surface area contributed by atoms with Gasteiger partial charge in [0, 0.05) is 13.0 Å². The van der Waals surface area contributed by atoms with E-state index in [1.807, 2.05) is 31.2 Å². The molecule has 0 bridgehead atoms. The summed E-state index contributed by atoms with van der Waals surface area (Å²) in [6.07, 6.45) is 4.57. The Bertz CT molecular complexity index is 763. The zero-order chi connectivity index (χ0) is 20.5. The number of methoxy groups -OCH3 is 2. The third-order valence-electron chi connectivity index (χ3n) is 4.15. The monoisotopic (exact) mass is 423 g/mol. The molecule has 0 radical (unpaired) electrons.